The van der Waals surface area contributed by atoms with Gasteiger partial charge in [0.2, 0.25) is 5.91 Å². The predicted octanol–water partition coefficient (Wildman–Crippen LogP) is 3.54. The van der Waals surface area contributed by atoms with Crippen LogP contribution in [0.2, 0.25) is 0 Å². The van der Waals surface area contributed by atoms with Crippen molar-refractivity contribution in [3.63, 3.8) is 0 Å². The molecule has 0 spiro atoms. The molecule has 2 amide bonds. The molecule has 0 unspecified atom stereocenters. The van der Waals surface area contributed by atoms with Crippen LogP contribution in [-0.4, -0.2) is 61.5 Å². The molecule has 2 aromatic rings. The van der Waals surface area contributed by atoms with Gasteiger partial charge in [-0.05, 0) is 43.5 Å². The van der Waals surface area contributed by atoms with Crippen molar-refractivity contribution in [2.45, 2.75) is 26.2 Å². The first-order chi connectivity index (χ1) is 14.6. The number of para-hydroxylation sites is 2. The summed E-state index contributed by atoms with van der Waals surface area (Å²) in [6, 6.07) is 15.1. The normalized spacial score (nSPS) is 14.2. The van der Waals surface area contributed by atoms with Crippen LogP contribution in [0.25, 0.3) is 0 Å². The molecule has 160 valence electrons. The molecule has 1 aliphatic rings. The van der Waals surface area contributed by atoms with E-state index in [0.29, 0.717) is 56.9 Å². The Bertz CT molecular complexity index is 868. The van der Waals surface area contributed by atoms with Gasteiger partial charge in [0.05, 0.1) is 19.3 Å². The van der Waals surface area contributed by atoms with Crippen LogP contribution < -0.4 is 9.47 Å². The number of rotatable bonds is 7. The molecule has 0 saturated carbocycles. The highest BCUT2D eigenvalue weighted by Crippen LogP contribution is 2.20. The zero-order valence-corrected chi connectivity index (χ0v) is 17.8. The fourth-order valence-electron chi connectivity index (χ4n) is 3.64. The molecule has 1 heterocycles. The Morgan fingerprint density at radius 3 is 2.33 bits per heavy atom. The molecule has 0 radical (unpaired) electrons. The van der Waals surface area contributed by atoms with E-state index in [2.05, 4.69) is 0 Å². The summed E-state index contributed by atoms with van der Waals surface area (Å²) in [6.45, 7) is 4.92. The lowest BCUT2D eigenvalue weighted by Gasteiger charge is -2.23. The quantitative estimate of drug-likeness (QED) is 0.655. The fourth-order valence-corrected chi connectivity index (χ4v) is 3.64. The van der Waals surface area contributed by atoms with Crippen LogP contribution in [0.3, 0.4) is 0 Å². The molecule has 1 aliphatic heterocycles. The molecule has 30 heavy (non-hydrogen) atoms. The molecule has 3 rings (SSSR count). The number of amides is 2. The number of ether oxygens (including phenoxy) is 2. The van der Waals surface area contributed by atoms with Crippen molar-refractivity contribution < 1.29 is 19.1 Å². The van der Waals surface area contributed by atoms with E-state index in [1.165, 1.54) is 0 Å². The molecule has 0 atom stereocenters. The minimum atomic E-state index is -0.0478. The van der Waals surface area contributed by atoms with Crippen molar-refractivity contribution in [2.24, 2.45) is 0 Å². The summed E-state index contributed by atoms with van der Waals surface area (Å²) < 4.78 is 11.1. The topological polar surface area (TPSA) is 59.1 Å². The van der Waals surface area contributed by atoms with Crippen LogP contribution in [0.5, 0.6) is 11.5 Å². The molecule has 1 saturated heterocycles. The minimum Gasteiger partial charge on any atom is -0.496 e. The van der Waals surface area contributed by atoms with E-state index in [1.807, 2.05) is 53.1 Å². The molecular formula is C24H30N2O4. The molecule has 1 fully saturated rings. The van der Waals surface area contributed by atoms with Gasteiger partial charge in [0.25, 0.3) is 5.91 Å². The van der Waals surface area contributed by atoms with Gasteiger partial charge in [-0.25, -0.2) is 0 Å². The third kappa shape index (κ3) is 5.53. The molecule has 6 nitrogen and oxygen atoms in total. The smallest absolute Gasteiger partial charge is 0.257 e. The monoisotopic (exact) mass is 410 g/mol. The third-order valence-electron chi connectivity index (χ3n) is 5.36. The van der Waals surface area contributed by atoms with Crippen molar-refractivity contribution in [1.82, 2.24) is 9.80 Å². The summed E-state index contributed by atoms with van der Waals surface area (Å²) in [5.41, 5.74) is 1.66. The van der Waals surface area contributed by atoms with Gasteiger partial charge in [0.15, 0.2) is 0 Å². The van der Waals surface area contributed by atoms with Crippen LogP contribution in [-0.2, 0) is 4.79 Å². The SMILES string of the molecule is COc1ccccc1C(=O)N1CCCN(C(=O)CCCOc2ccccc2C)CC1. The standard InChI is InChI=1S/C24H30N2O4/c1-19-9-3-5-11-21(19)30-18-7-13-23(27)25-14-8-15-26(17-16-25)24(28)20-10-4-6-12-22(20)29-2/h3-6,9-12H,7-8,13-18H2,1-2H3. The number of benzene rings is 2. The van der Waals surface area contributed by atoms with Crippen LogP contribution in [0.15, 0.2) is 48.5 Å². The lowest BCUT2D eigenvalue weighted by molar-refractivity contribution is -0.131. The Labute approximate surface area is 178 Å². The lowest BCUT2D eigenvalue weighted by atomic mass is 10.1. The van der Waals surface area contributed by atoms with E-state index in [4.69, 9.17) is 9.47 Å². The Morgan fingerprint density at radius 2 is 1.57 bits per heavy atom. The Hall–Kier alpha value is -3.02. The van der Waals surface area contributed by atoms with Crippen LogP contribution in [0.1, 0.15) is 35.2 Å². The zero-order valence-electron chi connectivity index (χ0n) is 17.8. The van der Waals surface area contributed by atoms with Crippen LogP contribution in [0.4, 0.5) is 0 Å². The maximum Gasteiger partial charge on any atom is 0.257 e. The first kappa shape index (κ1) is 21.7. The van der Waals surface area contributed by atoms with Crippen molar-refractivity contribution in [2.75, 3.05) is 39.9 Å². The van der Waals surface area contributed by atoms with E-state index in [1.54, 1.807) is 19.2 Å². The van der Waals surface area contributed by atoms with E-state index >= 15 is 0 Å². The molecular weight excluding hydrogens is 380 g/mol. The van der Waals surface area contributed by atoms with Gasteiger partial charge in [0, 0.05) is 32.6 Å². The molecule has 0 N–H and O–H groups in total. The second-order valence-corrected chi connectivity index (χ2v) is 7.44. The maximum atomic E-state index is 12.9. The molecule has 0 aliphatic carbocycles. The van der Waals surface area contributed by atoms with Crippen molar-refractivity contribution in [1.29, 1.82) is 0 Å². The van der Waals surface area contributed by atoms with Crippen molar-refractivity contribution in [3.05, 3.63) is 59.7 Å². The molecule has 6 heteroatoms. The number of nitrogens with zero attached hydrogens (tertiary/aromatic N) is 2. The summed E-state index contributed by atoms with van der Waals surface area (Å²) in [6.07, 6.45) is 1.90. The van der Waals surface area contributed by atoms with Crippen LogP contribution >= 0.6 is 0 Å². The summed E-state index contributed by atoms with van der Waals surface area (Å²) in [5.74, 6) is 1.52. The van der Waals surface area contributed by atoms with E-state index in [-0.39, 0.29) is 11.8 Å². The summed E-state index contributed by atoms with van der Waals surface area (Å²) in [7, 11) is 1.57. The second kappa shape index (κ2) is 10.7. The fraction of sp³-hybridized carbons (Fsp3) is 0.417. The van der Waals surface area contributed by atoms with Crippen molar-refractivity contribution >= 4 is 11.8 Å². The first-order valence-corrected chi connectivity index (χ1v) is 10.5. The average molecular weight is 411 g/mol. The van der Waals surface area contributed by atoms with E-state index < -0.39 is 0 Å². The zero-order chi connectivity index (χ0) is 21.3. The highest BCUT2D eigenvalue weighted by Gasteiger charge is 2.24. The lowest BCUT2D eigenvalue weighted by Crippen LogP contribution is -2.37. The van der Waals surface area contributed by atoms with Gasteiger partial charge >= 0.3 is 0 Å². The van der Waals surface area contributed by atoms with Gasteiger partial charge in [-0.1, -0.05) is 30.3 Å². The largest absolute Gasteiger partial charge is 0.496 e. The van der Waals surface area contributed by atoms with Crippen LogP contribution in [0, 0.1) is 6.92 Å². The Morgan fingerprint density at radius 1 is 0.900 bits per heavy atom. The van der Waals surface area contributed by atoms with Gasteiger partial charge in [-0.15, -0.1) is 0 Å². The van der Waals surface area contributed by atoms with Gasteiger partial charge < -0.3 is 19.3 Å². The molecule has 0 aromatic heterocycles. The highest BCUT2D eigenvalue weighted by molar-refractivity contribution is 5.97. The third-order valence-corrected chi connectivity index (χ3v) is 5.36. The summed E-state index contributed by atoms with van der Waals surface area (Å²) >= 11 is 0. The minimum absolute atomic E-state index is 0.0478. The van der Waals surface area contributed by atoms with Crippen molar-refractivity contribution in [3.8, 4) is 11.5 Å². The summed E-state index contributed by atoms with van der Waals surface area (Å²) in [4.78, 5) is 29.2. The second-order valence-electron chi connectivity index (χ2n) is 7.44. The van der Waals surface area contributed by atoms with Gasteiger partial charge in [0.1, 0.15) is 11.5 Å². The molecule has 2 aromatic carbocycles. The van der Waals surface area contributed by atoms with Gasteiger partial charge in [-0.2, -0.15) is 0 Å². The van der Waals surface area contributed by atoms with E-state index in [9.17, 15) is 9.59 Å². The number of carbonyl (C=O) groups excluding carboxylic acids is 2. The maximum absolute atomic E-state index is 12.9. The number of hydrogen-bond acceptors (Lipinski definition) is 4. The number of hydrogen-bond donors (Lipinski definition) is 0. The number of aryl methyl sites for hydroxylation is 1. The number of methoxy groups -OCH3 is 1. The predicted molar refractivity (Wildman–Crippen MR) is 116 cm³/mol. The highest BCUT2D eigenvalue weighted by atomic mass is 16.5. The summed E-state index contributed by atoms with van der Waals surface area (Å²) in [5, 5.41) is 0. The van der Waals surface area contributed by atoms with E-state index in [0.717, 1.165) is 17.7 Å². The Balaban J connectivity index is 1.46. The average Bonchev–Trinajstić information content (AvgIpc) is 3.03. The number of carbonyl (C=O) groups is 2. The van der Waals surface area contributed by atoms with Gasteiger partial charge in [-0.3, -0.25) is 9.59 Å². The Kier molecular flexibility index (Phi) is 7.71. The first-order valence-electron chi connectivity index (χ1n) is 10.5. The molecule has 0 bridgehead atoms.